The molecule has 0 aliphatic carbocycles. The standard InChI is InChI=1S/C29H32N2O7S/c1-19-22-16-26(37-4)27(38-5)17-23(22)31(18-21-9-7-6-8-10-21)39(33,34)28(19)29(32)30-14-13-20-11-12-24(35-2)25(15-20)36-3/h6-12,15-17H,13-14,18H2,1-5H3,(H,30,32). The maximum absolute atomic E-state index is 14.0. The molecule has 0 fully saturated rings. The van der Waals surface area contributed by atoms with Crippen molar-refractivity contribution in [2.45, 2.75) is 19.9 Å². The Hall–Kier alpha value is -4.18. The summed E-state index contributed by atoms with van der Waals surface area (Å²) in [6.07, 6.45) is 0.466. The number of methoxy groups -OCH3 is 4. The summed E-state index contributed by atoms with van der Waals surface area (Å²) in [4.78, 5) is 13.1. The van der Waals surface area contributed by atoms with Gasteiger partial charge in [-0.1, -0.05) is 36.4 Å². The molecule has 0 bridgehead atoms. The van der Waals surface area contributed by atoms with Crippen LogP contribution in [0.4, 0.5) is 5.69 Å². The molecule has 0 saturated carbocycles. The molecule has 0 spiro atoms. The van der Waals surface area contributed by atoms with Crippen LogP contribution in [0, 0.1) is 0 Å². The summed E-state index contributed by atoms with van der Waals surface area (Å²) in [6.45, 7) is 1.89. The average molecular weight is 553 g/mol. The molecule has 3 aromatic rings. The maximum atomic E-state index is 14.0. The van der Waals surface area contributed by atoms with Gasteiger partial charge in [0.1, 0.15) is 0 Å². The lowest BCUT2D eigenvalue weighted by molar-refractivity contribution is -0.116. The molecule has 3 aromatic carbocycles. The molecule has 1 heterocycles. The van der Waals surface area contributed by atoms with Crippen molar-refractivity contribution in [2.75, 3.05) is 39.3 Å². The van der Waals surface area contributed by atoms with Gasteiger partial charge in [-0.25, -0.2) is 8.42 Å². The fraction of sp³-hybridized carbons (Fsp3) is 0.276. The molecule has 0 aromatic heterocycles. The van der Waals surface area contributed by atoms with E-state index in [2.05, 4.69) is 5.32 Å². The van der Waals surface area contributed by atoms with E-state index in [4.69, 9.17) is 18.9 Å². The molecule has 206 valence electrons. The Morgan fingerprint density at radius 1 is 0.795 bits per heavy atom. The van der Waals surface area contributed by atoms with E-state index in [9.17, 15) is 13.2 Å². The second kappa shape index (κ2) is 11.7. The highest BCUT2D eigenvalue weighted by molar-refractivity contribution is 7.97. The first kappa shape index (κ1) is 27.8. The van der Waals surface area contributed by atoms with Crippen molar-refractivity contribution >= 4 is 27.2 Å². The van der Waals surface area contributed by atoms with Gasteiger partial charge in [0.2, 0.25) is 0 Å². The van der Waals surface area contributed by atoms with Crippen LogP contribution in [0.1, 0.15) is 23.6 Å². The molecular formula is C29H32N2O7S. The number of amides is 1. The zero-order valence-electron chi connectivity index (χ0n) is 22.6. The molecule has 9 nitrogen and oxygen atoms in total. The molecule has 4 rings (SSSR count). The zero-order valence-corrected chi connectivity index (χ0v) is 23.4. The Balaban J connectivity index is 1.68. The molecular weight excluding hydrogens is 520 g/mol. The predicted molar refractivity (Wildman–Crippen MR) is 150 cm³/mol. The van der Waals surface area contributed by atoms with Crippen molar-refractivity contribution in [3.05, 3.63) is 82.3 Å². The van der Waals surface area contributed by atoms with Crippen LogP contribution in [0.15, 0.2) is 65.6 Å². The second-order valence-electron chi connectivity index (χ2n) is 8.87. The topological polar surface area (TPSA) is 103 Å². The summed E-state index contributed by atoms with van der Waals surface area (Å²) >= 11 is 0. The number of carbonyl (C=O) groups excluding carboxylic acids is 1. The number of rotatable bonds is 10. The lowest BCUT2D eigenvalue weighted by atomic mass is 10.0. The summed E-state index contributed by atoms with van der Waals surface area (Å²) in [5, 5.41) is 2.79. The van der Waals surface area contributed by atoms with Gasteiger partial charge in [0, 0.05) is 18.2 Å². The summed E-state index contributed by atoms with van der Waals surface area (Å²) in [7, 11) is 1.89. The lowest BCUT2D eigenvalue weighted by Crippen LogP contribution is -2.41. The van der Waals surface area contributed by atoms with E-state index in [1.165, 1.54) is 18.5 Å². The maximum Gasteiger partial charge on any atom is 0.270 e. The Morgan fingerprint density at radius 3 is 2.05 bits per heavy atom. The minimum Gasteiger partial charge on any atom is -0.493 e. The van der Waals surface area contributed by atoms with E-state index in [-0.39, 0.29) is 18.0 Å². The monoisotopic (exact) mass is 552 g/mol. The van der Waals surface area contributed by atoms with Crippen LogP contribution < -0.4 is 28.6 Å². The number of nitrogens with one attached hydrogen (secondary N) is 1. The Bertz CT molecular complexity index is 1500. The van der Waals surface area contributed by atoms with E-state index >= 15 is 0 Å². The molecule has 1 amide bonds. The van der Waals surface area contributed by atoms with Crippen molar-refractivity contribution in [3.8, 4) is 23.0 Å². The van der Waals surface area contributed by atoms with Gasteiger partial charge in [0.15, 0.2) is 27.9 Å². The van der Waals surface area contributed by atoms with Gasteiger partial charge in [-0.15, -0.1) is 0 Å². The van der Waals surface area contributed by atoms with Gasteiger partial charge in [0.25, 0.3) is 15.9 Å². The van der Waals surface area contributed by atoms with Crippen molar-refractivity contribution in [1.82, 2.24) is 5.32 Å². The Labute approximate surface area is 229 Å². The fourth-order valence-electron chi connectivity index (χ4n) is 4.57. The van der Waals surface area contributed by atoms with Crippen molar-refractivity contribution in [2.24, 2.45) is 0 Å². The summed E-state index contributed by atoms with van der Waals surface area (Å²) in [6, 6.07) is 18.0. The van der Waals surface area contributed by atoms with Crippen molar-refractivity contribution in [1.29, 1.82) is 0 Å². The van der Waals surface area contributed by atoms with Gasteiger partial charge in [-0.05, 0) is 48.2 Å². The van der Waals surface area contributed by atoms with E-state index < -0.39 is 15.9 Å². The first-order valence-electron chi connectivity index (χ1n) is 12.3. The molecule has 0 atom stereocenters. The van der Waals surface area contributed by atoms with Crippen LogP contribution in [-0.4, -0.2) is 49.3 Å². The fourth-order valence-corrected chi connectivity index (χ4v) is 6.33. The highest BCUT2D eigenvalue weighted by atomic mass is 32.2. The molecule has 1 N–H and O–H groups in total. The van der Waals surface area contributed by atoms with Crippen LogP contribution in [0.25, 0.3) is 5.57 Å². The Morgan fingerprint density at radius 2 is 1.41 bits per heavy atom. The van der Waals surface area contributed by atoms with Gasteiger partial charge in [-0.2, -0.15) is 0 Å². The highest BCUT2D eigenvalue weighted by Gasteiger charge is 2.40. The minimum atomic E-state index is -4.22. The third-order valence-corrected chi connectivity index (χ3v) is 8.50. The number of fused-ring (bicyclic) bond motifs is 1. The number of nitrogens with zero attached hydrogens (tertiary/aromatic N) is 1. The third-order valence-electron chi connectivity index (χ3n) is 6.59. The van der Waals surface area contributed by atoms with E-state index in [0.717, 1.165) is 11.1 Å². The number of carbonyl (C=O) groups is 1. The summed E-state index contributed by atoms with van der Waals surface area (Å²) in [5.41, 5.74) is 2.99. The molecule has 1 aliphatic heterocycles. The molecule has 0 unspecified atom stereocenters. The first-order chi connectivity index (χ1) is 18.7. The van der Waals surface area contributed by atoms with Crippen LogP contribution >= 0.6 is 0 Å². The zero-order chi connectivity index (χ0) is 28.2. The largest absolute Gasteiger partial charge is 0.493 e. The van der Waals surface area contributed by atoms with Gasteiger partial charge in [0.05, 0.1) is 40.7 Å². The number of allylic oxidation sites excluding steroid dienone is 1. The number of ether oxygens (including phenoxy) is 4. The Kier molecular flexibility index (Phi) is 8.35. The van der Waals surface area contributed by atoms with Crippen LogP contribution in [0.2, 0.25) is 0 Å². The molecule has 0 radical (unpaired) electrons. The molecule has 1 aliphatic rings. The highest BCUT2D eigenvalue weighted by Crippen LogP contribution is 2.45. The quantitative estimate of drug-likeness (QED) is 0.403. The predicted octanol–water partition coefficient (Wildman–Crippen LogP) is 4.16. The molecule has 0 saturated heterocycles. The average Bonchev–Trinajstić information content (AvgIpc) is 2.94. The molecule has 10 heteroatoms. The van der Waals surface area contributed by atoms with Gasteiger partial charge in [-0.3, -0.25) is 9.10 Å². The van der Waals surface area contributed by atoms with Gasteiger partial charge < -0.3 is 24.3 Å². The van der Waals surface area contributed by atoms with Crippen LogP contribution in [-0.2, 0) is 27.8 Å². The van der Waals surface area contributed by atoms with Crippen molar-refractivity contribution in [3.63, 3.8) is 0 Å². The SMILES string of the molecule is COc1ccc(CCNC(=O)C2=C(C)c3cc(OC)c(OC)cc3N(Cc3ccccc3)S2(=O)=O)cc1OC. The second-order valence-corrected chi connectivity index (χ2v) is 10.7. The lowest BCUT2D eigenvalue weighted by Gasteiger charge is -2.33. The number of sulfonamides is 1. The van der Waals surface area contributed by atoms with E-state index in [1.807, 2.05) is 42.5 Å². The third kappa shape index (κ3) is 5.51. The number of hydrogen-bond donors (Lipinski definition) is 1. The normalized spacial score (nSPS) is 13.9. The van der Waals surface area contributed by atoms with Crippen LogP contribution in [0.5, 0.6) is 23.0 Å². The van der Waals surface area contributed by atoms with E-state index in [0.29, 0.717) is 46.2 Å². The molecule has 39 heavy (non-hydrogen) atoms. The summed E-state index contributed by atoms with van der Waals surface area (Å²) < 4.78 is 50.7. The first-order valence-corrected chi connectivity index (χ1v) is 13.7. The summed E-state index contributed by atoms with van der Waals surface area (Å²) in [5.74, 6) is 1.32. The number of benzene rings is 3. The number of hydrogen-bond acceptors (Lipinski definition) is 7. The van der Waals surface area contributed by atoms with E-state index in [1.54, 1.807) is 39.3 Å². The van der Waals surface area contributed by atoms with Crippen molar-refractivity contribution < 1.29 is 32.2 Å². The smallest absolute Gasteiger partial charge is 0.270 e. The minimum absolute atomic E-state index is 0.0430. The van der Waals surface area contributed by atoms with Gasteiger partial charge >= 0.3 is 0 Å². The van der Waals surface area contributed by atoms with Crippen LogP contribution in [0.3, 0.4) is 0 Å². The number of anilines is 1.